The first-order valence-corrected chi connectivity index (χ1v) is 7.70. The zero-order chi connectivity index (χ0) is 13.5. The van der Waals surface area contributed by atoms with Crippen molar-refractivity contribution in [2.24, 2.45) is 0 Å². The lowest BCUT2D eigenvalue weighted by Gasteiger charge is -2.31. The van der Waals surface area contributed by atoms with Crippen LogP contribution in [-0.2, 0) is 0 Å². The summed E-state index contributed by atoms with van der Waals surface area (Å²) >= 11 is 2.02. The molecule has 0 bridgehead atoms. The molecule has 0 rings (SSSR count). The highest BCUT2D eigenvalue weighted by Crippen LogP contribution is 2.25. The van der Waals surface area contributed by atoms with Crippen molar-refractivity contribution in [1.29, 1.82) is 0 Å². The van der Waals surface area contributed by atoms with E-state index in [1.165, 1.54) is 18.6 Å². The lowest BCUT2D eigenvalue weighted by molar-refractivity contribution is 0.154. The van der Waals surface area contributed by atoms with Crippen molar-refractivity contribution in [2.45, 2.75) is 77.1 Å². The molecule has 17 heavy (non-hydrogen) atoms. The Morgan fingerprint density at radius 3 is 2.12 bits per heavy atom. The summed E-state index contributed by atoms with van der Waals surface area (Å²) in [5.74, 6) is 1.21. The van der Waals surface area contributed by atoms with Crippen LogP contribution < -0.4 is 5.32 Å². The van der Waals surface area contributed by atoms with Crippen LogP contribution in [0.25, 0.3) is 0 Å². The van der Waals surface area contributed by atoms with Crippen LogP contribution in [0.3, 0.4) is 0 Å². The van der Waals surface area contributed by atoms with Crippen LogP contribution in [0.2, 0.25) is 0 Å². The Balaban J connectivity index is 3.77. The molecule has 0 saturated heterocycles. The number of rotatable bonds is 8. The van der Waals surface area contributed by atoms with Crippen molar-refractivity contribution >= 4 is 11.8 Å². The number of thioether (sulfide) groups is 1. The smallest absolute Gasteiger partial charge is 0.0610 e. The average Bonchev–Trinajstić information content (AvgIpc) is 2.14. The molecular formula is C14H31NOS. The lowest BCUT2D eigenvalue weighted by atomic mass is 9.95. The van der Waals surface area contributed by atoms with Gasteiger partial charge in [0, 0.05) is 16.3 Å². The maximum absolute atomic E-state index is 9.45. The van der Waals surface area contributed by atoms with E-state index in [1.54, 1.807) is 0 Å². The fourth-order valence-electron chi connectivity index (χ4n) is 1.89. The zero-order valence-electron chi connectivity index (χ0n) is 12.5. The Morgan fingerprint density at radius 2 is 1.71 bits per heavy atom. The van der Waals surface area contributed by atoms with Gasteiger partial charge in [-0.3, -0.25) is 0 Å². The van der Waals surface area contributed by atoms with E-state index in [-0.39, 0.29) is 12.1 Å². The van der Waals surface area contributed by atoms with Crippen LogP contribution in [0.15, 0.2) is 0 Å². The summed E-state index contributed by atoms with van der Waals surface area (Å²) in [6, 6.07) is 0.427. The van der Waals surface area contributed by atoms with E-state index in [0.29, 0.717) is 10.8 Å². The normalized spacial score (nSPS) is 16.2. The predicted molar refractivity (Wildman–Crippen MR) is 79.8 cm³/mol. The summed E-state index contributed by atoms with van der Waals surface area (Å²) < 4.78 is 0.371. The third kappa shape index (κ3) is 9.93. The molecule has 0 radical (unpaired) electrons. The molecule has 0 heterocycles. The fraction of sp³-hybridized carbons (Fsp3) is 1.00. The van der Waals surface area contributed by atoms with Crippen molar-refractivity contribution < 1.29 is 5.11 Å². The van der Waals surface area contributed by atoms with Gasteiger partial charge in [-0.25, -0.2) is 0 Å². The number of hydrogen-bond donors (Lipinski definition) is 2. The minimum Gasteiger partial charge on any atom is -0.394 e. The van der Waals surface area contributed by atoms with Crippen LogP contribution in [0.1, 0.15) is 60.8 Å². The summed E-state index contributed by atoms with van der Waals surface area (Å²) in [7, 11) is 0. The minimum atomic E-state index is -0.111. The monoisotopic (exact) mass is 261 g/mol. The molecule has 0 aliphatic rings. The van der Waals surface area contributed by atoms with Crippen molar-refractivity contribution in [3.8, 4) is 0 Å². The molecule has 2 nitrogen and oxygen atoms in total. The molecule has 0 fully saturated rings. The van der Waals surface area contributed by atoms with Crippen molar-refractivity contribution in [3.63, 3.8) is 0 Å². The van der Waals surface area contributed by atoms with Gasteiger partial charge in [0.1, 0.15) is 0 Å². The molecule has 1 atom stereocenters. The minimum absolute atomic E-state index is 0.111. The van der Waals surface area contributed by atoms with Gasteiger partial charge in [0.25, 0.3) is 0 Å². The maximum Gasteiger partial charge on any atom is 0.0610 e. The van der Waals surface area contributed by atoms with Gasteiger partial charge in [0.2, 0.25) is 0 Å². The first-order chi connectivity index (χ1) is 7.68. The molecular weight excluding hydrogens is 230 g/mol. The van der Waals surface area contributed by atoms with E-state index in [9.17, 15) is 5.11 Å². The molecule has 0 saturated carbocycles. The molecule has 0 spiro atoms. The first kappa shape index (κ1) is 17.3. The van der Waals surface area contributed by atoms with E-state index in [1.807, 2.05) is 11.8 Å². The van der Waals surface area contributed by atoms with Crippen LogP contribution in [-0.4, -0.2) is 33.8 Å². The molecule has 0 aromatic carbocycles. The average molecular weight is 261 g/mol. The Morgan fingerprint density at radius 1 is 1.12 bits per heavy atom. The summed E-state index contributed by atoms with van der Waals surface area (Å²) in [6.07, 6.45) is 3.46. The third-order valence-electron chi connectivity index (χ3n) is 2.64. The number of aliphatic hydroxyl groups excluding tert-OH is 1. The largest absolute Gasteiger partial charge is 0.394 e. The molecule has 1 unspecified atom stereocenters. The second-order valence-electron chi connectivity index (χ2n) is 6.44. The molecule has 0 aliphatic carbocycles. The summed E-state index contributed by atoms with van der Waals surface area (Å²) in [6.45, 7) is 13.4. The molecule has 0 amide bonds. The van der Waals surface area contributed by atoms with Gasteiger partial charge in [-0.15, -0.1) is 0 Å². The van der Waals surface area contributed by atoms with Gasteiger partial charge in [0.15, 0.2) is 0 Å². The SMILES string of the molecule is CC(C)NC(C)(CO)CCCCSC(C)(C)C. The fourth-order valence-corrected chi connectivity index (χ4v) is 2.85. The maximum atomic E-state index is 9.45. The van der Waals surface area contributed by atoms with Crippen molar-refractivity contribution in [3.05, 3.63) is 0 Å². The van der Waals surface area contributed by atoms with Crippen LogP contribution in [0.5, 0.6) is 0 Å². The molecule has 0 aromatic heterocycles. The van der Waals surface area contributed by atoms with Gasteiger partial charge in [0.05, 0.1) is 6.61 Å². The van der Waals surface area contributed by atoms with Gasteiger partial charge in [-0.05, 0) is 25.5 Å². The van der Waals surface area contributed by atoms with E-state index < -0.39 is 0 Å². The van der Waals surface area contributed by atoms with E-state index in [2.05, 4.69) is 46.9 Å². The van der Waals surface area contributed by atoms with E-state index >= 15 is 0 Å². The third-order valence-corrected chi connectivity index (χ3v) is 4.00. The van der Waals surface area contributed by atoms with Gasteiger partial charge >= 0.3 is 0 Å². The second kappa shape index (κ2) is 7.65. The number of hydrogen-bond acceptors (Lipinski definition) is 3. The predicted octanol–water partition coefficient (Wildman–Crippen LogP) is 3.44. The first-order valence-electron chi connectivity index (χ1n) is 6.71. The molecule has 0 aromatic rings. The van der Waals surface area contributed by atoms with Gasteiger partial charge in [-0.1, -0.05) is 41.0 Å². The van der Waals surface area contributed by atoms with Crippen LogP contribution >= 0.6 is 11.8 Å². The molecule has 3 heteroatoms. The number of aliphatic hydroxyl groups is 1. The van der Waals surface area contributed by atoms with E-state index in [4.69, 9.17) is 0 Å². The highest BCUT2D eigenvalue weighted by atomic mass is 32.2. The number of nitrogens with one attached hydrogen (secondary N) is 1. The summed E-state index contributed by atoms with van der Waals surface area (Å²) in [5.41, 5.74) is -0.111. The van der Waals surface area contributed by atoms with E-state index in [0.717, 1.165) is 6.42 Å². The quantitative estimate of drug-likeness (QED) is 0.657. The molecule has 0 aliphatic heterocycles. The zero-order valence-corrected chi connectivity index (χ0v) is 13.3. The van der Waals surface area contributed by atoms with Crippen LogP contribution in [0.4, 0.5) is 0 Å². The van der Waals surface area contributed by atoms with Crippen LogP contribution in [0, 0.1) is 0 Å². The lowest BCUT2D eigenvalue weighted by Crippen LogP contribution is -2.49. The summed E-state index contributed by atoms with van der Waals surface area (Å²) in [5, 5.41) is 12.9. The van der Waals surface area contributed by atoms with Gasteiger partial charge in [-0.2, -0.15) is 11.8 Å². The Labute approximate surface area is 112 Å². The highest BCUT2D eigenvalue weighted by molar-refractivity contribution is 8.00. The topological polar surface area (TPSA) is 32.3 Å². The molecule has 104 valence electrons. The Bertz CT molecular complexity index is 201. The Hall–Kier alpha value is 0.270. The van der Waals surface area contributed by atoms with Crippen molar-refractivity contribution in [2.75, 3.05) is 12.4 Å². The van der Waals surface area contributed by atoms with Gasteiger partial charge < -0.3 is 10.4 Å². The number of unbranched alkanes of at least 4 members (excludes halogenated alkanes) is 1. The second-order valence-corrected chi connectivity index (χ2v) is 8.36. The van der Waals surface area contributed by atoms with Crippen molar-refractivity contribution in [1.82, 2.24) is 5.32 Å². The highest BCUT2D eigenvalue weighted by Gasteiger charge is 2.23. The summed E-state index contributed by atoms with van der Waals surface area (Å²) in [4.78, 5) is 0. The Kier molecular flexibility index (Phi) is 7.77. The molecule has 2 N–H and O–H groups in total. The standard InChI is InChI=1S/C14H31NOS/c1-12(2)15-14(6,11-16)9-7-8-10-17-13(3,4)5/h12,15-16H,7-11H2,1-6H3.